The maximum absolute atomic E-state index is 11.5. The molecule has 0 radical (unpaired) electrons. The third kappa shape index (κ3) is 4.01. The molecular weight excluding hydrogens is 272 g/mol. The van der Waals surface area contributed by atoms with E-state index < -0.39 is 0 Å². The Morgan fingerprint density at radius 1 is 1.43 bits per heavy atom. The SMILES string of the molecule is COC(=O)CC1CCCCN1Cc1ccccc1[N+](=O)[O-]. The third-order valence-electron chi connectivity index (χ3n) is 3.94. The zero-order valence-electron chi connectivity index (χ0n) is 12.2. The van der Waals surface area contributed by atoms with Crippen molar-refractivity contribution >= 4 is 11.7 Å². The molecule has 1 aliphatic heterocycles. The van der Waals surface area contributed by atoms with Gasteiger partial charge in [-0.3, -0.25) is 19.8 Å². The van der Waals surface area contributed by atoms with Crippen molar-refractivity contribution in [2.24, 2.45) is 0 Å². The minimum Gasteiger partial charge on any atom is -0.469 e. The molecule has 0 aliphatic carbocycles. The Bertz CT molecular complexity index is 518. The highest BCUT2D eigenvalue weighted by Gasteiger charge is 2.26. The lowest BCUT2D eigenvalue weighted by Crippen LogP contribution is -2.40. The van der Waals surface area contributed by atoms with Gasteiger partial charge in [-0.1, -0.05) is 24.6 Å². The number of ether oxygens (including phenoxy) is 1. The maximum atomic E-state index is 11.5. The Morgan fingerprint density at radius 3 is 2.90 bits per heavy atom. The van der Waals surface area contributed by atoms with Crippen LogP contribution in [-0.4, -0.2) is 35.5 Å². The summed E-state index contributed by atoms with van der Waals surface area (Å²) in [6.07, 6.45) is 3.40. The summed E-state index contributed by atoms with van der Waals surface area (Å²) in [4.78, 5) is 24.4. The molecule has 6 nitrogen and oxygen atoms in total. The van der Waals surface area contributed by atoms with Gasteiger partial charge in [0.1, 0.15) is 0 Å². The van der Waals surface area contributed by atoms with Crippen molar-refractivity contribution in [3.63, 3.8) is 0 Å². The molecule has 0 aromatic heterocycles. The van der Waals surface area contributed by atoms with Gasteiger partial charge in [0.05, 0.1) is 18.5 Å². The van der Waals surface area contributed by atoms with Crippen LogP contribution in [0, 0.1) is 10.1 Å². The summed E-state index contributed by atoms with van der Waals surface area (Å²) in [5.41, 5.74) is 0.833. The molecule has 1 heterocycles. The molecule has 0 amide bonds. The van der Waals surface area contributed by atoms with Crippen molar-refractivity contribution in [3.8, 4) is 0 Å². The predicted octanol–water partition coefficient (Wildman–Crippen LogP) is 2.51. The number of piperidine rings is 1. The van der Waals surface area contributed by atoms with E-state index in [9.17, 15) is 14.9 Å². The number of carbonyl (C=O) groups is 1. The predicted molar refractivity (Wildman–Crippen MR) is 77.8 cm³/mol. The number of benzene rings is 1. The van der Waals surface area contributed by atoms with Gasteiger partial charge in [0, 0.05) is 24.2 Å². The first-order valence-corrected chi connectivity index (χ1v) is 7.15. The first-order valence-electron chi connectivity index (χ1n) is 7.15. The summed E-state index contributed by atoms with van der Waals surface area (Å²) in [7, 11) is 1.39. The van der Waals surface area contributed by atoms with Crippen molar-refractivity contribution in [2.45, 2.75) is 38.3 Å². The highest BCUT2D eigenvalue weighted by molar-refractivity contribution is 5.69. The highest BCUT2D eigenvalue weighted by atomic mass is 16.6. The van der Waals surface area contributed by atoms with Crippen molar-refractivity contribution < 1.29 is 14.5 Å². The molecule has 6 heteroatoms. The molecule has 2 rings (SSSR count). The van der Waals surface area contributed by atoms with Gasteiger partial charge < -0.3 is 4.74 Å². The molecule has 1 fully saturated rings. The number of nitro benzene ring substituents is 1. The number of nitrogens with zero attached hydrogens (tertiary/aromatic N) is 2. The standard InChI is InChI=1S/C15H20N2O4/c1-21-15(18)10-13-7-4-5-9-16(13)11-12-6-2-3-8-14(12)17(19)20/h2-3,6,8,13H,4-5,7,9-11H2,1H3. The lowest BCUT2D eigenvalue weighted by Gasteiger charge is -2.35. The van der Waals surface area contributed by atoms with Crippen LogP contribution < -0.4 is 0 Å². The van der Waals surface area contributed by atoms with Gasteiger partial charge in [-0.2, -0.15) is 0 Å². The Kier molecular flexibility index (Phi) is 5.27. The molecule has 0 bridgehead atoms. The first kappa shape index (κ1) is 15.4. The number of esters is 1. The molecule has 0 N–H and O–H groups in total. The normalized spacial score (nSPS) is 19.2. The van der Waals surface area contributed by atoms with Crippen molar-refractivity contribution in [1.29, 1.82) is 0 Å². The second-order valence-corrected chi connectivity index (χ2v) is 5.29. The zero-order chi connectivity index (χ0) is 15.2. The molecule has 1 aliphatic rings. The van der Waals surface area contributed by atoms with E-state index in [1.807, 2.05) is 6.07 Å². The number of hydrogen-bond acceptors (Lipinski definition) is 5. The molecular formula is C15H20N2O4. The molecule has 0 saturated carbocycles. The Labute approximate surface area is 123 Å². The molecule has 1 atom stereocenters. The number of rotatable bonds is 5. The lowest BCUT2D eigenvalue weighted by atomic mass is 9.98. The number of nitro groups is 1. The van der Waals surface area contributed by atoms with E-state index in [0.29, 0.717) is 18.5 Å². The van der Waals surface area contributed by atoms with Gasteiger partial charge in [-0.05, 0) is 19.4 Å². The summed E-state index contributed by atoms with van der Waals surface area (Å²) in [5.74, 6) is -0.227. The van der Waals surface area contributed by atoms with E-state index in [2.05, 4.69) is 4.90 Å². The average Bonchev–Trinajstić information content (AvgIpc) is 2.49. The van der Waals surface area contributed by atoms with Gasteiger partial charge in [-0.15, -0.1) is 0 Å². The number of para-hydroxylation sites is 1. The molecule has 114 valence electrons. The smallest absolute Gasteiger partial charge is 0.307 e. The van der Waals surface area contributed by atoms with E-state index in [-0.39, 0.29) is 22.6 Å². The molecule has 1 aromatic rings. The van der Waals surface area contributed by atoms with Crippen molar-refractivity contribution in [3.05, 3.63) is 39.9 Å². The molecule has 1 saturated heterocycles. The van der Waals surface area contributed by atoms with E-state index in [0.717, 1.165) is 25.8 Å². The fourth-order valence-corrected chi connectivity index (χ4v) is 2.82. The zero-order valence-corrected chi connectivity index (χ0v) is 12.2. The molecule has 1 aromatic carbocycles. The second kappa shape index (κ2) is 7.17. The number of methoxy groups -OCH3 is 1. The quantitative estimate of drug-likeness (QED) is 0.473. The summed E-state index contributed by atoms with van der Waals surface area (Å²) in [6, 6.07) is 6.88. The highest BCUT2D eigenvalue weighted by Crippen LogP contribution is 2.26. The van der Waals surface area contributed by atoms with Gasteiger partial charge >= 0.3 is 5.97 Å². The van der Waals surface area contributed by atoms with Crippen molar-refractivity contribution in [1.82, 2.24) is 4.90 Å². The molecule has 21 heavy (non-hydrogen) atoms. The number of hydrogen-bond donors (Lipinski definition) is 0. The summed E-state index contributed by atoms with van der Waals surface area (Å²) >= 11 is 0. The third-order valence-corrected chi connectivity index (χ3v) is 3.94. The van der Waals surface area contributed by atoms with Gasteiger partial charge in [0.15, 0.2) is 0 Å². The monoisotopic (exact) mass is 292 g/mol. The van der Waals surface area contributed by atoms with Crippen molar-refractivity contribution in [2.75, 3.05) is 13.7 Å². The fourth-order valence-electron chi connectivity index (χ4n) is 2.82. The second-order valence-electron chi connectivity index (χ2n) is 5.29. The van der Waals surface area contributed by atoms with E-state index in [4.69, 9.17) is 4.74 Å². The topological polar surface area (TPSA) is 72.7 Å². The molecule has 0 spiro atoms. The van der Waals surface area contributed by atoms with Crippen LogP contribution in [0.5, 0.6) is 0 Å². The van der Waals surface area contributed by atoms with Crippen LogP contribution in [0.15, 0.2) is 24.3 Å². The minimum atomic E-state index is -0.353. The van der Waals surface area contributed by atoms with Crippen LogP contribution in [0.25, 0.3) is 0 Å². The average molecular weight is 292 g/mol. The number of carbonyl (C=O) groups excluding carboxylic acids is 1. The van der Waals surface area contributed by atoms with Crippen LogP contribution in [0.4, 0.5) is 5.69 Å². The number of likely N-dealkylation sites (tertiary alicyclic amines) is 1. The summed E-state index contributed by atoms with van der Waals surface area (Å²) in [5, 5.41) is 11.1. The largest absolute Gasteiger partial charge is 0.469 e. The van der Waals surface area contributed by atoms with Gasteiger partial charge in [0.2, 0.25) is 0 Å². The fraction of sp³-hybridized carbons (Fsp3) is 0.533. The van der Waals surface area contributed by atoms with Gasteiger partial charge in [0.25, 0.3) is 5.69 Å². The Balaban J connectivity index is 2.12. The van der Waals surface area contributed by atoms with Gasteiger partial charge in [-0.25, -0.2) is 0 Å². The Morgan fingerprint density at radius 2 is 2.19 bits per heavy atom. The maximum Gasteiger partial charge on any atom is 0.307 e. The van der Waals surface area contributed by atoms with Crippen LogP contribution in [-0.2, 0) is 16.1 Å². The van der Waals surface area contributed by atoms with Crippen LogP contribution in [0.3, 0.4) is 0 Å². The summed E-state index contributed by atoms with van der Waals surface area (Å²) < 4.78 is 4.74. The molecule has 1 unspecified atom stereocenters. The van der Waals surface area contributed by atoms with Crippen LogP contribution >= 0.6 is 0 Å². The van der Waals surface area contributed by atoms with Crippen LogP contribution in [0.1, 0.15) is 31.2 Å². The van der Waals surface area contributed by atoms with E-state index >= 15 is 0 Å². The first-order chi connectivity index (χ1) is 10.1. The van der Waals surface area contributed by atoms with Crippen LogP contribution in [0.2, 0.25) is 0 Å². The van der Waals surface area contributed by atoms with E-state index in [1.165, 1.54) is 13.2 Å². The lowest BCUT2D eigenvalue weighted by molar-refractivity contribution is -0.385. The van der Waals surface area contributed by atoms with E-state index in [1.54, 1.807) is 12.1 Å². The minimum absolute atomic E-state index is 0.103. The summed E-state index contributed by atoms with van der Waals surface area (Å²) in [6.45, 7) is 1.35. The Hall–Kier alpha value is -1.95.